The largest absolute Gasteiger partial charge is 0.481 e. The highest BCUT2D eigenvalue weighted by molar-refractivity contribution is 5.75. The van der Waals surface area contributed by atoms with Crippen LogP contribution in [0.3, 0.4) is 0 Å². The van der Waals surface area contributed by atoms with E-state index >= 15 is 0 Å². The molecular weight excluding hydrogens is 196 g/mol. The predicted molar refractivity (Wildman–Crippen MR) is 55.8 cm³/mol. The Hall–Kier alpha value is -0.610. The number of ether oxygens (including phenoxy) is 2. The van der Waals surface area contributed by atoms with Crippen LogP contribution in [0.15, 0.2) is 0 Å². The topological polar surface area (TPSA) is 55.8 Å². The molecular formula is C11H20O4. The summed E-state index contributed by atoms with van der Waals surface area (Å²) < 4.78 is 10.8. The van der Waals surface area contributed by atoms with E-state index in [-0.39, 0.29) is 12.2 Å². The molecule has 1 heterocycles. The highest BCUT2D eigenvalue weighted by Crippen LogP contribution is 2.38. The molecule has 0 saturated carbocycles. The van der Waals surface area contributed by atoms with Gasteiger partial charge in [0.1, 0.15) is 0 Å². The van der Waals surface area contributed by atoms with E-state index in [1.807, 2.05) is 20.8 Å². The first-order chi connectivity index (χ1) is 6.99. The van der Waals surface area contributed by atoms with Crippen molar-refractivity contribution in [1.82, 2.24) is 0 Å². The van der Waals surface area contributed by atoms with Gasteiger partial charge in [-0.2, -0.15) is 0 Å². The van der Waals surface area contributed by atoms with Gasteiger partial charge in [0.05, 0.1) is 17.6 Å². The van der Waals surface area contributed by atoms with Gasteiger partial charge in [-0.1, -0.05) is 0 Å². The zero-order chi connectivity index (χ0) is 11.5. The maximum atomic E-state index is 11.3. The van der Waals surface area contributed by atoms with Gasteiger partial charge in [0.25, 0.3) is 0 Å². The summed E-state index contributed by atoms with van der Waals surface area (Å²) in [6.45, 7) is 6.74. The van der Waals surface area contributed by atoms with Gasteiger partial charge in [0.2, 0.25) is 0 Å². The standard InChI is InChI=1S/C11H20O4/c1-8(2)14-6-4-11(10(12)13)5-7-15-9(11)3/h8-9H,4-7H2,1-3H3,(H,12,13). The minimum atomic E-state index is -0.764. The van der Waals surface area contributed by atoms with Gasteiger partial charge in [-0.15, -0.1) is 0 Å². The summed E-state index contributed by atoms with van der Waals surface area (Å²) in [4.78, 5) is 11.3. The molecule has 1 rings (SSSR count). The summed E-state index contributed by atoms with van der Waals surface area (Å²) in [7, 11) is 0. The Morgan fingerprint density at radius 2 is 2.33 bits per heavy atom. The van der Waals surface area contributed by atoms with Crippen molar-refractivity contribution < 1.29 is 19.4 Å². The Morgan fingerprint density at radius 1 is 1.67 bits per heavy atom. The first-order valence-electron chi connectivity index (χ1n) is 5.45. The van der Waals surface area contributed by atoms with Crippen LogP contribution in [-0.4, -0.2) is 36.5 Å². The molecule has 0 radical (unpaired) electrons. The lowest BCUT2D eigenvalue weighted by Crippen LogP contribution is -2.38. The van der Waals surface area contributed by atoms with Crippen LogP contribution in [0.2, 0.25) is 0 Å². The number of hydrogen-bond acceptors (Lipinski definition) is 3. The molecule has 0 aromatic carbocycles. The first kappa shape index (κ1) is 12.5. The molecule has 2 unspecified atom stereocenters. The first-order valence-corrected chi connectivity index (χ1v) is 5.45. The van der Waals surface area contributed by atoms with Crippen molar-refractivity contribution in [3.63, 3.8) is 0 Å². The van der Waals surface area contributed by atoms with Gasteiger partial charge in [0, 0.05) is 13.2 Å². The normalized spacial score (nSPS) is 31.1. The fourth-order valence-corrected chi connectivity index (χ4v) is 1.97. The van der Waals surface area contributed by atoms with Crippen LogP contribution in [0.25, 0.3) is 0 Å². The highest BCUT2D eigenvalue weighted by Gasteiger charge is 2.47. The summed E-state index contributed by atoms with van der Waals surface area (Å²) in [5.41, 5.74) is -0.741. The summed E-state index contributed by atoms with van der Waals surface area (Å²) in [6.07, 6.45) is 1.05. The predicted octanol–water partition coefficient (Wildman–Crippen LogP) is 1.68. The number of carboxylic acid groups (broad SMARTS) is 1. The van der Waals surface area contributed by atoms with Crippen molar-refractivity contribution in [2.45, 2.75) is 45.8 Å². The molecule has 1 aliphatic heterocycles. The van der Waals surface area contributed by atoms with Gasteiger partial charge in [-0.05, 0) is 33.6 Å². The molecule has 88 valence electrons. The number of rotatable bonds is 5. The van der Waals surface area contributed by atoms with E-state index < -0.39 is 11.4 Å². The molecule has 0 aromatic rings. The Kier molecular flexibility index (Phi) is 4.11. The molecule has 0 aliphatic carbocycles. The SMILES string of the molecule is CC(C)OCCC1(C(=O)O)CCOC1C. The second-order valence-electron chi connectivity index (χ2n) is 4.39. The van der Waals surface area contributed by atoms with E-state index in [2.05, 4.69) is 0 Å². The molecule has 4 nitrogen and oxygen atoms in total. The monoisotopic (exact) mass is 216 g/mol. The summed E-state index contributed by atoms with van der Waals surface area (Å²) in [5.74, 6) is -0.764. The van der Waals surface area contributed by atoms with Crippen LogP contribution in [0, 0.1) is 5.41 Å². The Balaban J connectivity index is 2.55. The number of carboxylic acids is 1. The van der Waals surface area contributed by atoms with Crippen LogP contribution in [0.5, 0.6) is 0 Å². The zero-order valence-electron chi connectivity index (χ0n) is 9.66. The third-order valence-electron chi connectivity index (χ3n) is 3.12. The fourth-order valence-electron chi connectivity index (χ4n) is 1.97. The van der Waals surface area contributed by atoms with Crippen molar-refractivity contribution in [2.24, 2.45) is 5.41 Å². The summed E-state index contributed by atoms with van der Waals surface area (Å²) in [5, 5.41) is 9.26. The molecule has 1 saturated heterocycles. The van der Waals surface area contributed by atoms with E-state index in [0.717, 1.165) is 0 Å². The fraction of sp³-hybridized carbons (Fsp3) is 0.909. The van der Waals surface area contributed by atoms with Crippen LogP contribution < -0.4 is 0 Å². The molecule has 0 bridgehead atoms. The Bertz CT molecular complexity index is 227. The van der Waals surface area contributed by atoms with Crippen molar-refractivity contribution in [2.75, 3.05) is 13.2 Å². The van der Waals surface area contributed by atoms with Gasteiger partial charge < -0.3 is 14.6 Å². The number of aliphatic carboxylic acids is 1. The Morgan fingerprint density at radius 3 is 2.73 bits per heavy atom. The smallest absolute Gasteiger partial charge is 0.312 e. The van der Waals surface area contributed by atoms with E-state index in [0.29, 0.717) is 26.1 Å². The lowest BCUT2D eigenvalue weighted by molar-refractivity contribution is -0.153. The maximum absolute atomic E-state index is 11.3. The minimum absolute atomic E-state index is 0.147. The average Bonchev–Trinajstić information content (AvgIpc) is 2.48. The molecule has 4 heteroatoms. The number of hydrogen-bond donors (Lipinski definition) is 1. The van der Waals surface area contributed by atoms with Gasteiger partial charge in [-0.25, -0.2) is 0 Å². The average molecular weight is 216 g/mol. The van der Waals surface area contributed by atoms with Crippen LogP contribution in [0.4, 0.5) is 0 Å². The van der Waals surface area contributed by atoms with Crippen molar-refractivity contribution >= 4 is 5.97 Å². The molecule has 0 aromatic heterocycles. The highest BCUT2D eigenvalue weighted by atomic mass is 16.5. The molecule has 0 amide bonds. The third-order valence-corrected chi connectivity index (χ3v) is 3.12. The van der Waals surface area contributed by atoms with Gasteiger partial charge >= 0.3 is 5.97 Å². The van der Waals surface area contributed by atoms with E-state index in [1.54, 1.807) is 0 Å². The molecule has 1 aliphatic rings. The van der Waals surface area contributed by atoms with Crippen molar-refractivity contribution in [1.29, 1.82) is 0 Å². The lowest BCUT2D eigenvalue weighted by atomic mass is 9.79. The molecule has 15 heavy (non-hydrogen) atoms. The molecule has 0 spiro atoms. The van der Waals surface area contributed by atoms with Crippen LogP contribution >= 0.6 is 0 Å². The quantitative estimate of drug-likeness (QED) is 0.759. The van der Waals surface area contributed by atoms with E-state index in [4.69, 9.17) is 9.47 Å². The second-order valence-corrected chi connectivity index (χ2v) is 4.39. The zero-order valence-corrected chi connectivity index (χ0v) is 9.66. The van der Waals surface area contributed by atoms with Crippen LogP contribution in [0.1, 0.15) is 33.6 Å². The molecule has 2 atom stereocenters. The second kappa shape index (κ2) is 4.94. The maximum Gasteiger partial charge on any atom is 0.312 e. The minimum Gasteiger partial charge on any atom is -0.481 e. The summed E-state index contributed by atoms with van der Waals surface area (Å²) in [6, 6.07) is 0. The number of carbonyl (C=O) groups is 1. The van der Waals surface area contributed by atoms with Crippen molar-refractivity contribution in [3.05, 3.63) is 0 Å². The Labute approximate surface area is 90.6 Å². The molecule has 1 fully saturated rings. The van der Waals surface area contributed by atoms with E-state index in [1.165, 1.54) is 0 Å². The third kappa shape index (κ3) is 2.69. The molecule has 1 N–H and O–H groups in total. The van der Waals surface area contributed by atoms with Crippen LogP contribution in [-0.2, 0) is 14.3 Å². The van der Waals surface area contributed by atoms with Gasteiger partial charge in [-0.3, -0.25) is 4.79 Å². The van der Waals surface area contributed by atoms with Crippen molar-refractivity contribution in [3.8, 4) is 0 Å². The van der Waals surface area contributed by atoms with E-state index in [9.17, 15) is 9.90 Å². The van der Waals surface area contributed by atoms with Gasteiger partial charge in [0.15, 0.2) is 0 Å². The lowest BCUT2D eigenvalue weighted by Gasteiger charge is -2.27. The summed E-state index contributed by atoms with van der Waals surface area (Å²) >= 11 is 0.